The summed E-state index contributed by atoms with van der Waals surface area (Å²) in [5.74, 6) is 4.70. The van der Waals surface area contributed by atoms with Crippen LogP contribution in [0.15, 0.2) is 16.5 Å². The number of furan rings is 1. The summed E-state index contributed by atoms with van der Waals surface area (Å²) < 4.78 is 5.53. The lowest BCUT2D eigenvalue weighted by molar-refractivity contribution is 0.215. The number of nitrogens with one attached hydrogen (secondary N) is 1. The first-order valence-electron chi connectivity index (χ1n) is 6.22. The first kappa shape index (κ1) is 12.2. The third-order valence-corrected chi connectivity index (χ3v) is 3.26. The molecule has 3 heteroatoms. The van der Waals surface area contributed by atoms with Crippen molar-refractivity contribution in [1.29, 1.82) is 0 Å². The summed E-state index contributed by atoms with van der Waals surface area (Å²) in [4.78, 5) is 2.33. The molecule has 1 fully saturated rings. The fourth-order valence-electron chi connectivity index (χ4n) is 2.25. The Morgan fingerprint density at radius 3 is 2.82 bits per heavy atom. The minimum absolute atomic E-state index is 0.592. The van der Waals surface area contributed by atoms with Crippen molar-refractivity contribution in [3.8, 4) is 12.3 Å². The quantitative estimate of drug-likeness (QED) is 0.802. The molecule has 0 atom stereocenters. The molecule has 1 aliphatic rings. The summed E-state index contributed by atoms with van der Waals surface area (Å²) in [5, 5.41) is 3.54. The van der Waals surface area contributed by atoms with Crippen LogP contribution in [0.25, 0.3) is 0 Å². The maximum Gasteiger partial charge on any atom is 0.117 e. The Kier molecular flexibility index (Phi) is 4.24. The summed E-state index contributed by atoms with van der Waals surface area (Å²) in [5.41, 5.74) is 0. The van der Waals surface area contributed by atoms with E-state index in [1.807, 2.05) is 19.1 Å². The van der Waals surface area contributed by atoms with Crippen molar-refractivity contribution in [3.05, 3.63) is 23.7 Å². The maximum atomic E-state index is 5.53. The molecule has 0 unspecified atom stereocenters. The van der Waals surface area contributed by atoms with Crippen LogP contribution < -0.4 is 5.32 Å². The van der Waals surface area contributed by atoms with Crippen LogP contribution in [0.5, 0.6) is 0 Å². The van der Waals surface area contributed by atoms with E-state index in [0.717, 1.165) is 37.7 Å². The number of hydrogen-bond donors (Lipinski definition) is 1. The highest BCUT2D eigenvalue weighted by atomic mass is 16.3. The van der Waals surface area contributed by atoms with E-state index in [2.05, 4.69) is 16.1 Å². The second kappa shape index (κ2) is 5.90. The Hall–Kier alpha value is -1.24. The van der Waals surface area contributed by atoms with Gasteiger partial charge in [0.05, 0.1) is 13.1 Å². The van der Waals surface area contributed by atoms with Gasteiger partial charge in [-0.25, -0.2) is 0 Å². The average Bonchev–Trinajstić information content (AvgIpc) is 2.75. The molecule has 1 aromatic rings. The molecule has 0 saturated carbocycles. The van der Waals surface area contributed by atoms with E-state index in [0.29, 0.717) is 6.04 Å². The van der Waals surface area contributed by atoms with Gasteiger partial charge in [-0.3, -0.25) is 4.90 Å². The van der Waals surface area contributed by atoms with Crippen LogP contribution >= 0.6 is 0 Å². The van der Waals surface area contributed by atoms with Crippen LogP contribution in [-0.2, 0) is 6.54 Å². The van der Waals surface area contributed by atoms with E-state index in [1.165, 1.54) is 12.8 Å². The maximum absolute atomic E-state index is 5.53. The highest BCUT2D eigenvalue weighted by Gasteiger charge is 2.17. The second-order valence-electron chi connectivity index (χ2n) is 4.65. The Morgan fingerprint density at radius 1 is 1.47 bits per heavy atom. The van der Waals surface area contributed by atoms with Gasteiger partial charge in [0, 0.05) is 19.1 Å². The highest BCUT2D eigenvalue weighted by Crippen LogP contribution is 2.11. The topological polar surface area (TPSA) is 28.4 Å². The third-order valence-electron chi connectivity index (χ3n) is 3.26. The van der Waals surface area contributed by atoms with Gasteiger partial charge in [-0.2, -0.15) is 0 Å². The molecule has 0 spiro atoms. The van der Waals surface area contributed by atoms with Crippen molar-refractivity contribution in [1.82, 2.24) is 10.2 Å². The predicted molar refractivity (Wildman–Crippen MR) is 68.6 cm³/mol. The molecule has 1 N–H and O–H groups in total. The Labute approximate surface area is 103 Å². The molecule has 0 aromatic carbocycles. The highest BCUT2D eigenvalue weighted by molar-refractivity contribution is 5.05. The van der Waals surface area contributed by atoms with Crippen molar-refractivity contribution >= 4 is 0 Å². The smallest absolute Gasteiger partial charge is 0.117 e. The number of likely N-dealkylation sites (tertiary alicyclic amines) is 1. The number of aryl methyl sites for hydroxylation is 1. The summed E-state index contributed by atoms with van der Waals surface area (Å²) in [6.45, 7) is 5.78. The lowest BCUT2D eigenvalue weighted by Crippen LogP contribution is -2.42. The normalized spacial score (nSPS) is 18.1. The molecule has 0 radical (unpaired) electrons. The van der Waals surface area contributed by atoms with Crippen molar-refractivity contribution in [3.63, 3.8) is 0 Å². The average molecular weight is 232 g/mol. The van der Waals surface area contributed by atoms with Gasteiger partial charge in [0.2, 0.25) is 0 Å². The Morgan fingerprint density at radius 2 is 2.24 bits per heavy atom. The van der Waals surface area contributed by atoms with Crippen LogP contribution in [0.3, 0.4) is 0 Å². The number of hydrogen-bond acceptors (Lipinski definition) is 3. The fourth-order valence-corrected chi connectivity index (χ4v) is 2.25. The molecule has 2 heterocycles. The molecule has 0 amide bonds. The molecule has 17 heavy (non-hydrogen) atoms. The summed E-state index contributed by atoms with van der Waals surface area (Å²) in [6.07, 6.45) is 7.65. The van der Waals surface area contributed by atoms with Crippen molar-refractivity contribution in [2.75, 3.05) is 19.6 Å². The summed E-state index contributed by atoms with van der Waals surface area (Å²) >= 11 is 0. The van der Waals surface area contributed by atoms with E-state index in [9.17, 15) is 0 Å². The van der Waals surface area contributed by atoms with E-state index >= 15 is 0 Å². The van der Waals surface area contributed by atoms with Gasteiger partial charge in [0.15, 0.2) is 0 Å². The van der Waals surface area contributed by atoms with Gasteiger partial charge >= 0.3 is 0 Å². The van der Waals surface area contributed by atoms with Crippen LogP contribution in [0.2, 0.25) is 0 Å². The monoisotopic (exact) mass is 232 g/mol. The van der Waals surface area contributed by atoms with Crippen LogP contribution in [0, 0.1) is 19.3 Å². The SMILES string of the molecule is C#CCN1CCC(NCc2ccc(C)o2)CC1. The first-order chi connectivity index (χ1) is 8.28. The van der Waals surface area contributed by atoms with Crippen LogP contribution in [-0.4, -0.2) is 30.6 Å². The molecule has 0 aliphatic carbocycles. The molecule has 92 valence electrons. The van der Waals surface area contributed by atoms with Gasteiger partial charge in [-0.05, 0) is 31.9 Å². The summed E-state index contributed by atoms with van der Waals surface area (Å²) in [7, 11) is 0. The van der Waals surface area contributed by atoms with Crippen molar-refractivity contribution in [2.45, 2.75) is 32.4 Å². The van der Waals surface area contributed by atoms with Gasteiger partial charge < -0.3 is 9.73 Å². The number of piperidine rings is 1. The summed E-state index contributed by atoms with van der Waals surface area (Å²) in [6, 6.07) is 4.64. The predicted octanol–water partition coefficient (Wildman–Crippen LogP) is 1.78. The molecular weight excluding hydrogens is 212 g/mol. The molecule has 1 aliphatic heterocycles. The largest absolute Gasteiger partial charge is 0.465 e. The zero-order chi connectivity index (χ0) is 12.1. The number of terminal acetylenes is 1. The molecule has 1 aromatic heterocycles. The van der Waals surface area contributed by atoms with Crippen LogP contribution in [0.1, 0.15) is 24.4 Å². The van der Waals surface area contributed by atoms with Gasteiger partial charge in [-0.15, -0.1) is 6.42 Å². The van der Waals surface area contributed by atoms with E-state index in [4.69, 9.17) is 10.8 Å². The van der Waals surface area contributed by atoms with E-state index < -0.39 is 0 Å². The van der Waals surface area contributed by atoms with Gasteiger partial charge in [-0.1, -0.05) is 5.92 Å². The van der Waals surface area contributed by atoms with Gasteiger partial charge in [0.25, 0.3) is 0 Å². The number of nitrogens with zero attached hydrogens (tertiary/aromatic N) is 1. The van der Waals surface area contributed by atoms with Crippen molar-refractivity contribution < 1.29 is 4.42 Å². The van der Waals surface area contributed by atoms with Gasteiger partial charge in [0.1, 0.15) is 11.5 Å². The van der Waals surface area contributed by atoms with Crippen molar-refractivity contribution in [2.24, 2.45) is 0 Å². The zero-order valence-corrected chi connectivity index (χ0v) is 10.4. The minimum Gasteiger partial charge on any atom is -0.465 e. The van der Waals surface area contributed by atoms with E-state index in [1.54, 1.807) is 0 Å². The molecule has 3 nitrogen and oxygen atoms in total. The number of rotatable bonds is 4. The molecular formula is C14H20N2O. The second-order valence-corrected chi connectivity index (χ2v) is 4.65. The first-order valence-corrected chi connectivity index (χ1v) is 6.22. The fraction of sp³-hybridized carbons (Fsp3) is 0.571. The Balaban J connectivity index is 1.70. The molecule has 1 saturated heterocycles. The van der Waals surface area contributed by atoms with E-state index in [-0.39, 0.29) is 0 Å². The lowest BCUT2D eigenvalue weighted by atomic mass is 10.1. The van der Waals surface area contributed by atoms with Crippen LogP contribution in [0.4, 0.5) is 0 Å². The Bertz CT molecular complexity index is 383. The lowest BCUT2D eigenvalue weighted by Gasteiger charge is -2.30. The molecule has 0 bridgehead atoms. The minimum atomic E-state index is 0.592. The molecule has 2 rings (SSSR count). The standard InChI is InChI=1S/C14H20N2O/c1-3-8-16-9-6-13(7-10-16)15-11-14-5-4-12(2)17-14/h1,4-5,13,15H,6-11H2,2H3. The third kappa shape index (κ3) is 3.62. The zero-order valence-electron chi connectivity index (χ0n) is 10.4.